The fraction of sp³-hybridized carbons (Fsp3) is 0.533. The molecule has 0 radical (unpaired) electrons. The topological polar surface area (TPSA) is 134 Å². The second-order valence-electron chi connectivity index (χ2n) is 5.70. The van der Waals surface area contributed by atoms with E-state index in [2.05, 4.69) is 11.4 Å². The highest BCUT2D eigenvalue weighted by atomic mass is 16.5. The summed E-state index contributed by atoms with van der Waals surface area (Å²) >= 11 is 0. The predicted molar refractivity (Wildman–Crippen MR) is 81.9 cm³/mol. The largest absolute Gasteiger partial charge is 0.454 e. The van der Waals surface area contributed by atoms with E-state index in [1.807, 2.05) is 4.98 Å². The van der Waals surface area contributed by atoms with Crippen LogP contribution in [0.4, 0.5) is 0 Å². The van der Waals surface area contributed by atoms with Gasteiger partial charge in [-0.25, -0.2) is 4.79 Å². The van der Waals surface area contributed by atoms with Gasteiger partial charge in [-0.05, 0) is 12.8 Å². The molecule has 1 amide bonds. The van der Waals surface area contributed by atoms with Crippen LogP contribution in [0.15, 0.2) is 21.9 Å². The fourth-order valence-corrected chi connectivity index (χ4v) is 2.62. The van der Waals surface area contributed by atoms with Crippen molar-refractivity contribution in [2.24, 2.45) is 0 Å². The van der Waals surface area contributed by atoms with Crippen molar-refractivity contribution in [1.82, 2.24) is 14.9 Å². The summed E-state index contributed by atoms with van der Waals surface area (Å²) in [6.45, 7) is -0.952. The average Bonchev–Trinajstić information content (AvgIpc) is 2.56. The molecule has 0 spiro atoms. The van der Waals surface area contributed by atoms with E-state index in [4.69, 9.17) is 4.74 Å². The second-order valence-corrected chi connectivity index (χ2v) is 5.70. The van der Waals surface area contributed by atoms with Crippen molar-refractivity contribution < 1.29 is 14.3 Å². The summed E-state index contributed by atoms with van der Waals surface area (Å²) in [5.74, 6) is -1.35. The van der Waals surface area contributed by atoms with Crippen LogP contribution in [0.25, 0.3) is 0 Å². The van der Waals surface area contributed by atoms with E-state index in [1.165, 1.54) is 0 Å². The van der Waals surface area contributed by atoms with Gasteiger partial charge in [-0.1, -0.05) is 19.3 Å². The quantitative estimate of drug-likeness (QED) is 0.692. The van der Waals surface area contributed by atoms with Crippen LogP contribution in [-0.2, 0) is 20.9 Å². The summed E-state index contributed by atoms with van der Waals surface area (Å²) in [5, 5.41) is 11.9. The molecule has 1 aromatic heterocycles. The van der Waals surface area contributed by atoms with E-state index < -0.39 is 41.8 Å². The van der Waals surface area contributed by atoms with Gasteiger partial charge in [0.05, 0.1) is 6.07 Å². The number of nitrogens with zero attached hydrogens (tertiary/aromatic N) is 2. The molecule has 0 aromatic carbocycles. The number of aromatic nitrogens is 2. The molecular formula is C15H18N4O5. The number of H-pyrrole nitrogens is 1. The van der Waals surface area contributed by atoms with Gasteiger partial charge in [0.25, 0.3) is 11.5 Å². The standard InChI is InChI=1S/C15H18N4O5/c16-10-15(5-2-1-3-6-15)18-12(21)9-24-13(22)8-19-7-4-11(20)17-14(19)23/h4,7H,1-3,5-6,8-9H2,(H,18,21)(H,17,20,23). The van der Waals surface area contributed by atoms with Crippen LogP contribution < -0.4 is 16.6 Å². The maximum atomic E-state index is 11.9. The number of esters is 1. The first-order chi connectivity index (χ1) is 11.4. The average molecular weight is 334 g/mol. The van der Waals surface area contributed by atoms with E-state index in [0.29, 0.717) is 12.8 Å². The molecule has 24 heavy (non-hydrogen) atoms. The van der Waals surface area contributed by atoms with E-state index >= 15 is 0 Å². The minimum Gasteiger partial charge on any atom is -0.454 e. The lowest BCUT2D eigenvalue weighted by Gasteiger charge is -2.31. The summed E-state index contributed by atoms with van der Waals surface area (Å²) in [7, 11) is 0. The number of aromatic amines is 1. The zero-order valence-corrected chi connectivity index (χ0v) is 13.0. The van der Waals surface area contributed by atoms with Gasteiger partial charge in [0.15, 0.2) is 6.61 Å². The number of hydrogen-bond acceptors (Lipinski definition) is 6. The van der Waals surface area contributed by atoms with Crippen molar-refractivity contribution in [2.75, 3.05) is 6.61 Å². The third kappa shape index (κ3) is 4.55. The van der Waals surface area contributed by atoms with Crippen LogP contribution in [0.5, 0.6) is 0 Å². The van der Waals surface area contributed by atoms with E-state index in [1.54, 1.807) is 0 Å². The Kier molecular flexibility index (Phi) is 5.52. The van der Waals surface area contributed by atoms with Gasteiger partial charge in [-0.3, -0.25) is 23.9 Å². The Bertz CT molecular complexity index is 767. The summed E-state index contributed by atoms with van der Waals surface area (Å²) in [6.07, 6.45) is 5.08. The molecule has 1 aliphatic rings. The Morgan fingerprint density at radius 2 is 2.04 bits per heavy atom. The van der Waals surface area contributed by atoms with Crippen molar-refractivity contribution in [2.45, 2.75) is 44.2 Å². The van der Waals surface area contributed by atoms with Crippen LogP contribution in [0.1, 0.15) is 32.1 Å². The highest BCUT2D eigenvalue weighted by Gasteiger charge is 2.33. The molecular weight excluding hydrogens is 316 g/mol. The van der Waals surface area contributed by atoms with Gasteiger partial charge in [0, 0.05) is 12.3 Å². The van der Waals surface area contributed by atoms with Crippen LogP contribution in [0.2, 0.25) is 0 Å². The molecule has 1 heterocycles. The minimum atomic E-state index is -0.891. The molecule has 128 valence electrons. The summed E-state index contributed by atoms with van der Waals surface area (Å²) < 4.78 is 5.77. The SMILES string of the molecule is N#CC1(NC(=O)COC(=O)Cn2ccc(=O)[nH]c2=O)CCCCC1. The first-order valence-electron chi connectivity index (χ1n) is 7.62. The van der Waals surface area contributed by atoms with Crippen molar-refractivity contribution in [1.29, 1.82) is 5.26 Å². The number of hydrogen-bond donors (Lipinski definition) is 2. The van der Waals surface area contributed by atoms with Crippen LogP contribution in [-0.4, -0.2) is 33.6 Å². The molecule has 9 heteroatoms. The molecule has 1 aromatic rings. The van der Waals surface area contributed by atoms with Crippen molar-refractivity contribution in [3.63, 3.8) is 0 Å². The lowest BCUT2D eigenvalue weighted by molar-refractivity contribution is -0.149. The first kappa shape index (κ1) is 17.5. The molecule has 9 nitrogen and oxygen atoms in total. The van der Waals surface area contributed by atoms with Crippen LogP contribution in [0.3, 0.4) is 0 Å². The Balaban J connectivity index is 1.85. The van der Waals surface area contributed by atoms with Crippen molar-refractivity contribution >= 4 is 11.9 Å². The molecule has 2 N–H and O–H groups in total. The van der Waals surface area contributed by atoms with E-state index in [9.17, 15) is 24.4 Å². The Morgan fingerprint density at radius 1 is 1.33 bits per heavy atom. The number of ether oxygens (including phenoxy) is 1. The zero-order valence-electron chi connectivity index (χ0n) is 13.0. The molecule has 0 atom stereocenters. The maximum Gasteiger partial charge on any atom is 0.328 e. The number of nitrogens with one attached hydrogen (secondary N) is 2. The van der Waals surface area contributed by atoms with Gasteiger partial charge in [-0.2, -0.15) is 5.26 Å². The number of carbonyl (C=O) groups excluding carboxylic acids is 2. The highest BCUT2D eigenvalue weighted by molar-refractivity contribution is 5.81. The highest BCUT2D eigenvalue weighted by Crippen LogP contribution is 2.27. The van der Waals surface area contributed by atoms with Crippen LogP contribution in [0, 0.1) is 11.3 Å². The molecule has 1 fully saturated rings. The minimum absolute atomic E-state index is 0.424. The molecule has 0 bridgehead atoms. The Labute approximate surface area is 137 Å². The lowest BCUT2D eigenvalue weighted by Crippen LogP contribution is -2.50. The Morgan fingerprint density at radius 3 is 2.67 bits per heavy atom. The molecule has 0 saturated heterocycles. The number of carbonyl (C=O) groups is 2. The van der Waals surface area contributed by atoms with Gasteiger partial charge in [0.2, 0.25) is 0 Å². The van der Waals surface area contributed by atoms with E-state index in [-0.39, 0.29) is 0 Å². The van der Waals surface area contributed by atoms with Crippen molar-refractivity contribution in [3.8, 4) is 6.07 Å². The Hall–Kier alpha value is -2.89. The summed E-state index contributed by atoms with van der Waals surface area (Å²) in [6, 6.07) is 3.24. The second kappa shape index (κ2) is 7.59. The van der Waals surface area contributed by atoms with Gasteiger partial charge in [0.1, 0.15) is 12.1 Å². The van der Waals surface area contributed by atoms with E-state index in [0.717, 1.165) is 36.1 Å². The third-order valence-electron chi connectivity index (χ3n) is 3.86. The summed E-state index contributed by atoms with van der Waals surface area (Å²) in [5.41, 5.74) is -2.20. The van der Waals surface area contributed by atoms with Crippen LogP contribution >= 0.6 is 0 Å². The number of amides is 1. The molecule has 1 aliphatic carbocycles. The smallest absolute Gasteiger partial charge is 0.328 e. The fourth-order valence-electron chi connectivity index (χ4n) is 2.62. The van der Waals surface area contributed by atoms with Gasteiger partial charge >= 0.3 is 11.7 Å². The monoisotopic (exact) mass is 334 g/mol. The summed E-state index contributed by atoms with van der Waals surface area (Å²) in [4.78, 5) is 47.9. The number of nitriles is 1. The molecule has 0 aliphatic heterocycles. The first-order valence-corrected chi connectivity index (χ1v) is 7.62. The van der Waals surface area contributed by atoms with Gasteiger partial charge in [-0.15, -0.1) is 0 Å². The molecule has 0 unspecified atom stereocenters. The van der Waals surface area contributed by atoms with Crippen molar-refractivity contribution in [3.05, 3.63) is 33.1 Å². The molecule has 2 rings (SSSR count). The lowest BCUT2D eigenvalue weighted by atomic mass is 9.83. The molecule has 1 saturated carbocycles. The predicted octanol–water partition coefficient (Wildman–Crippen LogP) is -0.578. The maximum absolute atomic E-state index is 11.9. The number of rotatable bonds is 5. The van der Waals surface area contributed by atoms with Gasteiger partial charge < -0.3 is 10.1 Å². The third-order valence-corrected chi connectivity index (χ3v) is 3.86. The normalized spacial score (nSPS) is 16.0. The zero-order chi connectivity index (χ0) is 17.6.